The number of nitrogens with zero attached hydrogens (tertiary/aromatic N) is 1. The molecule has 2 rings (SSSR count). The fourth-order valence-corrected chi connectivity index (χ4v) is 2.97. The highest BCUT2D eigenvalue weighted by Gasteiger charge is 2.20. The highest BCUT2D eigenvalue weighted by molar-refractivity contribution is 5.28. The van der Waals surface area contributed by atoms with Crippen LogP contribution in [-0.2, 0) is 17.6 Å². The molecule has 1 unspecified atom stereocenters. The van der Waals surface area contributed by atoms with Crippen LogP contribution in [0.5, 0.6) is 0 Å². The van der Waals surface area contributed by atoms with E-state index >= 15 is 0 Å². The van der Waals surface area contributed by atoms with Crippen molar-refractivity contribution in [2.45, 2.75) is 31.7 Å². The Balaban J connectivity index is 1.98. The SMILES string of the molecule is COCC(CCCN)N1CCc2ccccc2CC1. The van der Waals surface area contributed by atoms with Crippen molar-refractivity contribution < 1.29 is 4.74 Å². The molecule has 0 aromatic heterocycles. The molecule has 0 fully saturated rings. The second kappa shape index (κ2) is 7.63. The van der Waals surface area contributed by atoms with E-state index < -0.39 is 0 Å². The number of ether oxygens (including phenoxy) is 1. The molecule has 1 heterocycles. The predicted molar refractivity (Wildman–Crippen MR) is 79.4 cm³/mol. The lowest BCUT2D eigenvalue weighted by Gasteiger charge is -2.30. The first-order valence-electron chi connectivity index (χ1n) is 7.35. The number of hydrogen-bond donors (Lipinski definition) is 1. The van der Waals surface area contributed by atoms with Crippen molar-refractivity contribution in [1.82, 2.24) is 4.90 Å². The molecule has 0 saturated heterocycles. The minimum Gasteiger partial charge on any atom is -0.383 e. The van der Waals surface area contributed by atoms with E-state index in [9.17, 15) is 0 Å². The third kappa shape index (κ3) is 4.03. The minimum absolute atomic E-state index is 0.517. The van der Waals surface area contributed by atoms with Gasteiger partial charge >= 0.3 is 0 Å². The normalized spacial score (nSPS) is 17.8. The van der Waals surface area contributed by atoms with Crippen LogP contribution in [0.4, 0.5) is 0 Å². The van der Waals surface area contributed by atoms with Gasteiger partial charge in [-0.3, -0.25) is 4.90 Å². The first-order valence-corrected chi connectivity index (χ1v) is 7.35. The smallest absolute Gasteiger partial charge is 0.0618 e. The molecule has 1 aromatic carbocycles. The molecule has 106 valence electrons. The molecule has 19 heavy (non-hydrogen) atoms. The van der Waals surface area contributed by atoms with Crippen molar-refractivity contribution in [1.29, 1.82) is 0 Å². The van der Waals surface area contributed by atoms with E-state index in [1.165, 1.54) is 11.1 Å². The second-order valence-electron chi connectivity index (χ2n) is 5.34. The fraction of sp³-hybridized carbons (Fsp3) is 0.625. The van der Waals surface area contributed by atoms with Gasteiger partial charge in [-0.25, -0.2) is 0 Å². The molecule has 1 aliphatic rings. The molecule has 1 aliphatic heterocycles. The van der Waals surface area contributed by atoms with Gasteiger partial charge in [0.05, 0.1) is 6.61 Å². The maximum absolute atomic E-state index is 5.64. The summed E-state index contributed by atoms with van der Waals surface area (Å²) in [6.45, 7) is 3.86. The maximum atomic E-state index is 5.64. The van der Waals surface area contributed by atoms with Crippen LogP contribution in [0.3, 0.4) is 0 Å². The van der Waals surface area contributed by atoms with Crippen molar-refractivity contribution in [3.8, 4) is 0 Å². The molecule has 0 bridgehead atoms. The monoisotopic (exact) mass is 262 g/mol. The summed E-state index contributed by atoms with van der Waals surface area (Å²) in [7, 11) is 1.79. The van der Waals surface area contributed by atoms with Crippen molar-refractivity contribution in [3.05, 3.63) is 35.4 Å². The van der Waals surface area contributed by atoms with E-state index in [0.29, 0.717) is 6.04 Å². The summed E-state index contributed by atoms with van der Waals surface area (Å²) in [5.74, 6) is 0. The number of hydrogen-bond acceptors (Lipinski definition) is 3. The Kier molecular flexibility index (Phi) is 5.83. The predicted octanol–water partition coefficient (Wildman–Crippen LogP) is 1.84. The second-order valence-corrected chi connectivity index (χ2v) is 5.34. The average molecular weight is 262 g/mol. The van der Waals surface area contributed by atoms with Gasteiger partial charge in [0.2, 0.25) is 0 Å². The molecule has 1 atom stereocenters. The zero-order chi connectivity index (χ0) is 13.5. The lowest BCUT2D eigenvalue weighted by molar-refractivity contribution is 0.0866. The van der Waals surface area contributed by atoms with Crippen molar-refractivity contribution in [3.63, 3.8) is 0 Å². The summed E-state index contributed by atoms with van der Waals surface area (Å²) in [6, 6.07) is 9.35. The molecule has 3 heteroatoms. The molecular formula is C16H26N2O. The van der Waals surface area contributed by atoms with E-state index in [4.69, 9.17) is 10.5 Å². The van der Waals surface area contributed by atoms with Gasteiger partial charge in [0.25, 0.3) is 0 Å². The van der Waals surface area contributed by atoms with Crippen LogP contribution in [0.25, 0.3) is 0 Å². The fourth-order valence-electron chi connectivity index (χ4n) is 2.97. The van der Waals surface area contributed by atoms with Crippen LogP contribution >= 0.6 is 0 Å². The Morgan fingerprint density at radius 1 is 1.21 bits per heavy atom. The van der Waals surface area contributed by atoms with Crippen LogP contribution < -0.4 is 5.73 Å². The van der Waals surface area contributed by atoms with Crippen LogP contribution in [0.15, 0.2) is 24.3 Å². The Morgan fingerprint density at radius 2 is 1.84 bits per heavy atom. The van der Waals surface area contributed by atoms with Gasteiger partial charge in [-0.15, -0.1) is 0 Å². The summed E-state index contributed by atoms with van der Waals surface area (Å²) < 4.78 is 5.39. The maximum Gasteiger partial charge on any atom is 0.0618 e. The Bertz CT molecular complexity index is 354. The summed E-state index contributed by atoms with van der Waals surface area (Å²) >= 11 is 0. The number of methoxy groups -OCH3 is 1. The van der Waals surface area contributed by atoms with E-state index in [0.717, 1.165) is 51.9 Å². The molecule has 0 amide bonds. The van der Waals surface area contributed by atoms with E-state index in [-0.39, 0.29) is 0 Å². The highest BCUT2D eigenvalue weighted by Crippen LogP contribution is 2.18. The molecule has 0 spiro atoms. The minimum atomic E-state index is 0.517. The zero-order valence-corrected chi connectivity index (χ0v) is 12.0. The summed E-state index contributed by atoms with van der Waals surface area (Å²) in [4.78, 5) is 2.58. The molecule has 2 N–H and O–H groups in total. The quantitative estimate of drug-likeness (QED) is 0.850. The van der Waals surface area contributed by atoms with Crippen LogP contribution in [0, 0.1) is 0 Å². The third-order valence-corrected chi connectivity index (χ3v) is 4.07. The van der Waals surface area contributed by atoms with Crippen LogP contribution in [0.1, 0.15) is 24.0 Å². The van der Waals surface area contributed by atoms with Crippen molar-refractivity contribution >= 4 is 0 Å². The first-order chi connectivity index (χ1) is 9.35. The number of benzene rings is 1. The Hall–Kier alpha value is -0.900. The van der Waals surface area contributed by atoms with Gasteiger partial charge in [-0.05, 0) is 43.4 Å². The van der Waals surface area contributed by atoms with Crippen LogP contribution in [0.2, 0.25) is 0 Å². The molecule has 0 saturated carbocycles. The molecule has 1 aromatic rings. The molecule has 3 nitrogen and oxygen atoms in total. The van der Waals surface area contributed by atoms with Gasteiger partial charge in [0.15, 0.2) is 0 Å². The van der Waals surface area contributed by atoms with E-state index in [1.807, 2.05) is 0 Å². The largest absolute Gasteiger partial charge is 0.383 e. The summed E-state index contributed by atoms with van der Waals surface area (Å²) in [5, 5.41) is 0. The summed E-state index contributed by atoms with van der Waals surface area (Å²) in [6.07, 6.45) is 4.52. The molecule has 0 radical (unpaired) electrons. The Morgan fingerprint density at radius 3 is 2.37 bits per heavy atom. The van der Waals surface area contributed by atoms with Crippen molar-refractivity contribution in [2.24, 2.45) is 5.73 Å². The third-order valence-electron chi connectivity index (χ3n) is 4.07. The lowest BCUT2D eigenvalue weighted by Crippen LogP contribution is -2.40. The van der Waals surface area contributed by atoms with Gasteiger partial charge in [0, 0.05) is 26.2 Å². The van der Waals surface area contributed by atoms with Gasteiger partial charge in [-0.1, -0.05) is 24.3 Å². The van der Waals surface area contributed by atoms with E-state index in [2.05, 4.69) is 29.2 Å². The average Bonchev–Trinajstić information content (AvgIpc) is 2.66. The van der Waals surface area contributed by atoms with E-state index in [1.54, 1.807) is 7.11 Å². The lowest BCUT2D eigenvalue weighted by atomic mass is 10.0. The van der Waals surface area contributed by atoms with Gasteiger partial charge in [0.1, 0.15) is 0 Å². The summed E-state index contributed by atoms with van der Waals surface area (Å²) in [5.41, 5.74) is 8.67. The Labute approximate surface area is 116 Å². The number of nitrogens with two attached hydrogens (primary N) is 1. The standard InChI is InChI=1S/C16H26N2O/c1-19-13-16(7-4-10-17)18-11-8-14-5-2-3-6-15(14)9-12-18/h2-3,5-6,16H,4,7-13,17H2,1H3. The zero-order valence-electron chi connectivity index (χ0n) is 12.0. The number of fused-ring (bicyclic) bond motifs is 1. The van der Waals surface area contributed by atoms with Gasteiger partial charge in [-0.2, -0.15) is 0 Å². The molecular weight excluding hydrogens is 236 g/mol. The molecule has 0 aliphatic carbocycles. The highest BCUT2D eigenvalue weighted by atomic mass is 16.5. The number of rotatable bonds is 6. The van der Waals surface area contributed by atoms with Crippen LogP contribution in [-0.4, -0.2) is 44.3 Å². The van der Waals surface area contributed by atoms with Gasteiger partial charge < -0.3 is 10.5 Å². The first kappa shape index (κ1) is 14.5. The van der Waals surface area contributed by atoms with Crippen molar-refractivity contribution in [2.75, 3.05) is 33.4 Å². The topological polar surface area (TPSA) is 38.5 Å².